The van der Waals surface area contributed by atoms with Gasteiger partial charge in [-0.2, -0.15) is 0 Å². The summed E-state index contributed by atoms with van der Waals surface area (Å²) in [5, 5.41) is 2.73. The van der Waals surface area contributed by atoms with E-state index in [-0.39, 0.29) is 6.42 Å². The molecule has 2 aromatic rings. The van der Waals surface area contributed by atoms with Gasteiger partial charge in [-0.25, -0.2) is 8.42 Å². The fourth-order valence-electron chi connectivity index (χ4n) is 3.32. The van der Waals surface area contributed by atoms with Gasteiger partial charge in [0, 0.05) is 18.3 Å². The molecule has 2 aromatic carbocycles. The minimum atomic E-state index is -3.90. The number of carbonyl (C=O) groups excluding carboxylic acids is 1. The molecule has 1 aliphatic heterocycles. The zero-order chi connectivity index (χ0) is 20.4. The minimum Gasteiger partial charge on any atom is -0.493 e. The van der Waals surface area contributed by atoms with Crippen LogP contribution < -0.4 is 19.1 Å². The third kappa shape index (κ3) is 3.40. The molecule has 0 bridgehead atoms. The second-order valence-corrected chi connectivity index (χ2v) is 9.06. The first-order valence-electron chi connectivity index (χ1n) is 8.94. The third-order valence-corrected chi connectivity index (χ3v) is 7.54. The summed E-state index contributed by atoms with van der Waals surface area (Å²) >= 11 is 0. The van der Waals surface area contributed by atoms with Gasteiger partial charge < -0.3 is 14.8 Å². The molecule has 1 heterocycles. The van der Waals surface area contributed by atoms with Crippen LogP contribution in [-0.2, 0) is 14.8 Å². The molecule has 0 aliphatic carbocycles. The summed E-state index contributed by atoms with van der Waals surface area (Å²) in [5.41, 5.74) is 1.00. The van der Waals surface area contributed by atoms with Gasteiger partial charge in [0.05, 0.1) is 19.9 Å². The zero-order valence-electron chi connectivity index (χ0n) is 16.1. The Morgan fingerprint density at radius 2 is 1.75 bits per heavy atom. The van der Waals surface area contributed by atoms with Crippen molar-refractivity contribution < 1.29 is 22.7 Å². The molecule has 0 aromatic heterocycles. The molecule has 0 unspecified atom stereocenters. The van der Waals surface area contributed by atoms with Crippen molar-refractivity contribution in [3.8, 4) is 11.5 Å². The van der Waals surface area contributed by atoms with Crippen LogP contribution in [0.4, 0.5) is 11.4 Å². The summed E-state index contributed by atoms with van der Waals surface area (Å²) in [7, 11) is -0.888. The molecule has 1 aliphatic rings. The average Bonchev–Trinajstić information content (AvgIpc) is 2.70. The maximum atomic E-state index is 13.3. The van der Waals surface area contributed by atoms with Crippen molar-refractivity contribution in [1.82, 2.24) is 0 Å². The number of nitrogens with one attached hydrogen (secondary N) is 1. The number of rotatable bonds is 5. The fraction of sp³-hybridized carbons (Fsp3) is 0.350. The first kappa shape index (κ1) is 20.0. The molecule has 1 atom stereocenters. The SMILES string of the molecule is COc1ccc(NC(=O)[C@@]2(C)CCCN(c3ccccc3)S2(=O)=O)cc1OC. The molecule has 1 saturated heterocycles. The lowest BCUT2D eigenvalue weighted by Crippen LogP contribution is -2.57. The van der Waals surface area contributed by atoms with Crippen LogP contribution in [0.3, 0.4) is 0 Å². The Kier molecular flexibility index (Phi) is 5.51. The second kappa shape index (κ2) is 7.71. The number of hydrogen-bond donors (Lipinski definition) is 1. The quantitative estimate of drug-likeness (QED) is 0.828. The summed E-state index contributed by atoms with van der Waals surface area (Å²) in [6.07, 6.45) is 0.835. The number of nitrogens with zero attached hydrogens (tertiary/aromatic N) is 1. The number of sulfonamides is 1. The maximum absolute atomic E-state index is 13.3. The number of para-hydroxylation sites is 1. The van der Waals surface area contributed by atoms with Crippen LogP contribution in [0.1, 0.15) is 19.8 Å². The van der Waals surface area contributed by atoms with Gasteiger partial charge in [0.25, 0.3) is 0 Å². The van der Waals surface area contributed by atoms with Crippen molar-refractivity contribution in [1.29, 1.82) is 0 Å². The van der Waals surface area contributed by atoms with E-state index in [0.717, 1.165) is 0 Å². The topological polar surface area (TPSA) is 84.9 Å². The molecule has 3 rings (SSSR count). The first-order chi connectivity index (χ1) is 13.3. The monoisotopic (exact) mass is 404 g/mol. The predicted molar refractivity (Wildman–Crippen MR) is 109 cm³/mol. The smallest absolute Gasteiger partial charge is 0.249 e. The van der Waals surface area contributed by atoms with Gasteiger partial charge in [-0.1, -0.05) is 18.2 Å². The van der Waals surface area contributed by atoms with E-state index >= 15 is 0 Å². The molecular formula is C20H24N2O5S. The predicted octanol–water partition coefficient (Wildman–Crippen LogP) is 3.03. The van der Waals surface area contributed by atoms with Gasteiger partial charge in [-0.3, -0.25) is 9.10 Å². The summed E-state index contributed by atoms with van der Waals surface area (Å²) < 4.78 is 36.8. The van der Waals surface area contributed by atoms with Crippen LogP contribution in [-0.4, -0.2) is 39.8 Å². The number of benzene rings is 2. The zero-order valence-corrected chi connectivity index (χ0v) is 17.0. The Morgan fingerprint density at radius 1 is 1.07 bits per heavy atom. The van der Waals surface area contributed by atoms with Crippen LogP contribution in [0.25, 0.3) is 0 Å². The van der Waals surface area contributed by atoms with E-state index in [1.54, 1.807) is 42.5 Å². The summed E-state index contributed by atoms with van der Waals surface area (Å²) in [5.74, 6) is 0.399. The molecule has 28 heavy (non-hydrogen) atoms. The van der Waals surface area contributed by atoms with Crippen LogP contribution in [0.2, 0.25) is 0 Å². The minimum absolute atomic E-state index is 0.248. The fourth-order valence-corrected chi connectivity index (χ4v) is 5.27. The van der Waals surface area contributed by atoms with E-state index in [9.17, 15) is 13.2 Å². The maximum Gasteiger partial charge on any atom is 0.249 e. The van der Waals surface area contributed by atoms with Crippen LogP contribution in [0.15, 0.2) is 48.5 Å². The van der Waals surface area contributed by atoms with E-state index in [1.165, 1.54) is 25.4 Å². The Morgan fingerprint density at radius 3 is 2.39 bits per heavy atom. The molecule has 1 fully saturated rings. The van der Waals surface area contributed by atoms with Gasteiger partial charge in [-0.15, -0.1) is 0 Å². The number of anilines is 2. The highest BCUT2D eigenvalue weighted by Gasteiger charge is 2.52. The normalized spacial score (nSPS) is 21.0. The summed E-state index contributed by atoms with van der Waals surface area (Å²) in [6, 6.07) is 13.7. The Bertz CT molecular complexity index is 962. The van der Waals surface area contributed by atoms with E-state index in [2.05, 4.69) is 5.32 Å². The number of carbonyl (C=O) groups is 1. The highest BCUT2D eigenvalue weighted by molar-refractivity contribution is 7.95. The number of ether oxygens (including phenoxy) is 2. The average molecular weight is 404 g/mol. The van der Waals surface area contributed by atoms with E-state index in [4.69, 9.17) is 9.47 Å². The van der Waals surface area contributed by atoms with Crippen molar-refractivity contribution in [2.75, 3.05) is 30.4 Å². The highest BCUT2D eigenvalue weighted by Crippen LogP contribution is 2.37. The first-order valence-corrected chi connectivity index (χ1v) is 10.4. The van der Waals surface area contributed by atoms with Gasteiger partial charge in [0.1, 0.15) is 0 Å². The Labute approximate surface area is 165 Å². The van der Waals surface area contributed by atoms with Crippen molar-refractivity contribution in [3.05, 3.63) is 48.5 Å². The molecule has 1 N–H and O–H groups in total. The van der Waals surface area contributed by atoms with E-state index in [0.29, 0.717) is 35.8 Å². The number of methoxy groups -OCH3 is 2. The Hall–Kier alpha value is -2.74. The van der Waals surface area contributed by atoms with Gasteiger partial charge in [0.2, 0.25) is 15.9 Å². The molecule has 0 saturated carbocycles. The molecular weight excluding hydrogens is 380 g/mol. The van der Waals surface area contributed by atoms with Crippen molar-refractivity contribution in [2.24, 2.45) is 0 Å². The third-order valence-electron chi connectivity index (χ3n) is 5.04. The summed E-state index contributed by atoms with van der Waals surface area (Å²) in [6.45, 7) is 1.83. The Balaban J connectivity index is 1.90. The second-order valence-electron chi connectivity index (χ2n) is 6.77. The van der Waals surface area contributed by atoms with Crippen LogP contribution in [0.5, 0.6) is 11.5 Å². The molecule has 150 valence electrons. The number of amides is 1. The molecule has 1 amide bonds. The van der Waals surface area contributed by atoms with E-state index < -0.39 is 20.7 Å². The van der Waals surface area contributed by atoms with Gasteiger partial charge in [0.15, 0.2) is 16.2 Å². The van der Waals surface area contributed by atoms with Crippen LogP contribution in [0, 0.1) is 0 Å². The summed E-state index contributed by atoms with van der Waals surface area (Å²) in [4.78, 5) is 13.0. The van der Waals surface area contributed by atoms with Gasteiger partial charge in [-0.05, 0) is 44.0 Å². The standard InChI is InChI=1S/C20H24N2O5S/c1-20(19(23)21-15-10-11-17(26-2)18(14-15)27-3)12-7-13-22(28(20,24)25)16-8-5-4-6-9-16/h4-6,8-11,14H,7,12-13H2,1-3H3,(H,21,23)/t20-/m1/s1. The molecule has 8 heteroatoms. The largest absolute Gasteiger partial charge is 0.493 e. The molecule has 0 spiro atoms. The van der Waals surface area contributed by atoms with Gasteiger partial charge >= 0.3 is 0 Å². The van der Waals surface area contributed by atoms with Crippen molar-refractivity contribution >= 4 is 27.3 Å². The van der Waals surface area contributed by atoms with E-state index in [1.807, 2.05) is 6.07 Å². The molecule has 0 radical (unpaired) electrons. The van der Waals surface area contributed by atoms with Crippen molar-refractivity contribution in [2.45, 2.75) is 24.5 Å². The van der Waals surface area contributed by atoms with Crippen molar-refractivity contribution in [3.63, 3.8) is 0 Å². The number of hydrogen-bond acceptors (Lipinski definition) is 5. The lowest BCUT2D eigenvalue weighted by molar-refractivity contribution is -0.118. The lowest BCUT2D eigenvalue weighted by Gasteiger charge is -2.39. The van der Waals surface area contributed by atoms with Crippen LogP contribution >= 0.6 is 0 Å². The highest BCUT2D eigenvalue weighted by atomic mass is 32.2. The molecule has 7 nitrogen and oxygen atoms in total. The lowest BCUT2D eigenvalue weighted by atomic mass is 10.0.